The average Bonchev–Trinajstić information content (AvgIpc) is 2.74. The van der Waals surface area contributed by atoms with E-state index in [1.165, 1.54) is 18.4 Å². The molecule has 5 nitrogen and oxygen atoms in total. The summed E-state index contributed by atoms with van der Waals surface area (Å²) in [5, 5.41) is 10.5. The zero-order chi connectivity index (χ0) is 13.3. The van der Waals surface area contributed by atoms with E-state index in [0.717, 1.165) is 16.1 Å². The van der Waals surface area contributed by atoms with Crippen LogP contribution in [0.15, 0.2) is 12.1 Å². The zero-order valence-electron chi connectivity index (χ0n) is 9.82. The number of hydrogen-bond acceptors (Lipinski definition) is 6. The molecular weight excluding hydrogens is 274 g/mol. The number of benzene rings is 1. The van der Waals surface area contributed by atoms with Gasteiger partial charge in [0.05, 0.1) is 22.7 Å². The molecular formula is C11H12ClN3O2S. The number of hydrogen-bond donors (Lipinski definition) is 3. The van der Waals surface area contributed by atoms with Crippen LogP contribution < -0.4 is 16.0 Å². The van der Waals surface area contributed by atoms with Gasteiger partial charge in [-0.3, -0.25) is 5.43 Å². The van der Waals surface area contributed by atoms with Crippen LogP contribution >= 0.6 is 22.9 Å². The number of anilines is 1. The van der Waals surface area contributed by atoms with Crippen molar-refractivity contribution in [2.24, 2.45) is 5.84 Å². The summed E-state index contributed by atoms with van der Waals surface area (Å²) in [6, 6.07) is 3.38. The Morgan fingerprint density at radius 2 is 2.22 bits per heavy atom. The minimum Gasteiger partial charge on any atom is -0.503 e. The molecule has 4 N–H and O–H groups in total. The third kappa shape index (κ3) is 2.22. The molecule has 0 fully saturated rings. The number of aromatic hydroxyl groups is 1. The molecule has 0 aliphatic heterocycles. The van der Waals surface area contributed by atoms with Crippen LogP contribution in [0.1, 0.15) is 5.69 Å². The lowest BCUT2D eigenvalue weighted by atomic mass is 10.1. The molecule has 0 saturated carbocycles. The highest BCUT2D eigenvalue weighted by molar-refractivity contribution is 7.19. The second-order valence-electron chi connectivity index (χ2n) is 3.59. The molecule has 2 aromatic rings. The minimum atomic E-state index is -0.0674. The van der Waals surface area contributed by atoms with Gasteiger partial charge in [0.2, 0.25) is 0 Å². The van der Waals surface area contributed by atoms with Gasteiger partial charge in [0.15, 0.2) is 16.6 Å². The summed E-state index contributed by atoms with van der Waals surface area (Å²) >= 11 is 7.36. The Hall–Kier alpha value is -1.50. The molecule has 0 saturated heterocycles. The maximum Gasteiger partial charge on any atom is 0.197 e. The van der Waals surface area contributed by atoms with E-state index in [9.17, 15) is 5.11 Å². The highest BCUT2D eigenvalue weighted by atomic mass is 35.5. The molecule has 0 spiro atoms. The van der Waals surface area contributed by atoms with Crippen LogP contribution in [0.2, 0.25) is 5.02 Å². The number of ether oxygens (including phenoxy) is 1. The predicted octanol–water partition coefficient (Wildman–Crippen LogP) is 2.77. The SMILES string of the molecule is COc1cc(-c2sc(NN)nc2C)cc(Cl)c1O. The molecule has 0 aliphatic carbocycles. The Morgan fingerprint density at radius 1 is 1.50 bits per heavy atom. The summed E-state index contributed by atoms with van der Waals surface area (Å²) < 4.78 is 5.07. The predicted molar refractivity (Wildman–Crippen MR) is 73.3 cm³/mol. The first-order valence-corrected chi connectivity index (χ1v) is 6.27. The van der Waals surface area contributed by atoms with Gasteiger partial charge in [0.25, 0.3) is 0 Å². The fourth-order valence-electron chi connectivity index (χ4n) is 1.59. The lowest BCUT2D eigenvalue weighted by molar-refractivity contribution is 0.374. The van der Waals surface area contributed by atoms with E-state index in [0.29, 0.717) is 10.9 Å². The van der Waals surface area contributed by atoms with Gasteiger partial charge < -0.3 is 9.84 Å². The molecule has 1 aromatic heterocycles. The molecule has 1 aromatic carbocycles. The van der Waals surface area contributed by atoms with Crippen LogP contribution in [-0.4, -0.2) is 17.2 Å². The van der Waals surface area contributed by atoms with Crippen LogP contribution in [0.3, 0.4) is 0 Å². The number of halogens is 1. The first-order chi connectivity index (χ1) is 8.56. The number of nitrogens with zero attached hydrogens (tertiary/aromatic N) is 1. The monoisotopic (exact) mass is 285 g/mol. The summed E-state index contributed by atoms with van der Waals surface area (Å²) in [4.78, 5) is 5.17. The Kier molecular flexibility index (Phi) is 3.60. The van der Waals surface area contributed by atoms with Gasteiger partial charge in [0, 0.05) is 0 Å². The molecule has 0 atom stereocenters. The Morgan fingerprint density at radius 3 is 2.78 bits per heavy atom. The van der Waals surface area contributed by atoms with Crippen molar-refractivity contribution >= 4 is 28.1 Å². The number of phenolic OH excluding ortho intramolecular Hbond substituents is 1. The summed E-state index contributed by atoms with van der Waals surface area (Å²) in [6.07, 6.45) is 0. The van der Waals surface area contributed by atoms with Crippen LogP contribution in [0.5, 0.6) is 11.5 Å². The fraction of sp³-hybridized carbons (Fsp3) is 0.182. The van der Waals surface area contributed by atoms with E-state index in [4.69, 9.17) is 22.2 Å². The third-order valence-electron chi connectivity index (χ3n) is 2.43. The molecule has 96 valence electrons. The lowest BCUT2D eigenvalue weighted by Crippen LogP contribution is -2.05. The van der Waals surface area contributed by atoms with Gasteiger partial charge >= 0.3 is 0 Å². The van der Waals surface area contributed by atoms with E-state index in [1.54, 1.807) is 12.1 Å². The number of methoxy groups -OCH3 is 1. The standard InChI is InChI=1S/C11H12ClN3O2S/c1-5-10(18-11(14-5)15-13)6-3-7(12)9(16)8(4-6)17-2/h3-4,16H,13H2,1-2H3,(H,14,15). The molecule has 0 amide bonds. The summed E-state index contributed by atoms with van der Waals surface area (Å²) in [5.74, 6) is 5.59. The number of nitrogens with one attached hydrogen (secondary N) is 1. The number of hydrazine groups is 1. The molecule has 1 heterocycles. The van der Waals surface area contributed by atoms with Gasteiger partial charge in [-0.1, -0.05) is 22.9 Å². The second kappa shape index (κ2) is 5.01. The van der Waals surface area contributed by atoms with Crippen molar-refractivity contribution in [1.82, 2.24) is 4.98 Å². The molecule has 0 bridgehead atoms. The summed E-state index contributed by atoms with van der Waals surface area (Å²) in [7, 11) is 1.47. The van der Waals surface area contributed by atoms with Crippen molar-refractivity contribution in [3.05, 3.63) is 22.8 Å². The van der Waals surface area contributed by atoms with Crippen molar-refractivity contribution in [2.45, 2.75) is 6.92 Å². The van der Waals surface area contributed by atoms with Crippen molar-refractivity contribution in [3.63, 3.8) is 0 Å². The van der Waals surface area contributed by atoms with Crippen LogP contribution in [-0.2, 0) is 0 Å². The summed E-state index contributed by atoms with van der Waals surface area (Å²) in [5.41, 5.74) is 4.16. The number of nitrogens with two attached hydrogens (primary N) is 1. The van der Waals surface area contributed by atoms with Gasteiger partial charge in [0.1, 0.15) is 0 Å². The average molecular weight is 286 g/mol. The Balaban J connectivity index is 2.56. The highest BCUT2D eigenvalue weighted by Crippen LogP contribution is 2.41. The van der Waals surface area contributed by atoms with Crippen LogP contribution in [0, 0.1) is 6.92 Å². The topological polar surface area (TPSA) is 80.4 Å². The first kappa shape index (κ1) is 12.9. The lowest BCUT2D eigenvalue weighted by Gasteiger charge is -2.07. The Labute approximate surface area is 113 Å². The fourth-order valence-corrected chi connectivity index (χ4v) is 2.66. The van der Waals surface area contributed by atoms with Gasteiger partial charge in [-0.15, -0.1) is 0 Å². The quantitative estimate of drug-likeness (QED) is 0.597. The van der Waals surface area contributed by atoms with Gasteiger partial charge in [-0.05, 0) is 24.6 Å². The number of aromatic nitrogens is 1. The molecule has 0 unspecified atom stereocenters. The molecule has 2 rings (SSSR count). The minimum absolute atomic E-state index is 0.0674. The van der Waals surface area contributed by atoms with E-state index in [-0.39, 0.29) is 10.8 Å². The maximum atomic E-state index is 9.69. The third-order valence-corrected chi connectivity index (χ3v) is 3.86. The second-order valence-corrected chi connectivity index (χ2v) is 4.99. The van der Waals surface area contributed by atoms with Crippen LogP contribution in [0.25, 0.3) is 10.4 Å². The smallest absolute Gasteiger partial charge is 0.197 e. The maximum absolute atomic E-state index is 9.69. The number of aryl methyl sites for hydroxylation is 1. The largest absolute Gasteiger partial charge is 0.503 e. The molecule has 7 heteroatoms. The Bertz CT molecular complexity index is 586. The number of nitrogen functional groups attached to an aromatic ring is 1. The van der Waals surface area contributed by atoms with Crippen molar-refractivity contribution in [3.8, 4) is 21.9 Å². The van der Waals surface area contributed by atoms with E-state index in [1.807, 2.05) is 6.92 Å². The van der Waals surface area contributed by atoms with E-state index < -0.39 is 0 Å². The number of thiazole rings is 1. The molecule has 0 aliphatic rings. The molecule has 18 heavy (non-hydrogen) atoms. The van der Waals surface area contributed by atoms with Crippen molar-refractivity contribution in [2.75, 3.05) is 12.5 Å². The van der Waals surface area contributed by atoms with E-state index in [2.05, 4.69) is 10.4 Å². The zero-order valence-corrected chi connectivity index (χ0v) is 11.4. The van der Waals surface area contributed by atoms with Crippen LogP contribution in [0.4, 0.5) is 5.13 Å². The van der Waals surface area contributed by atoms with Crippen molar-refractivity contribution in [1.29, 1.82) is 0 Å². The summed E-state index contributed by atoms with van der Waals surface area (Å²) in [6.45, 7) is 1.87. The van der Waals surface area contributed by atoms with E-state index >= 15 is 0 Å². The normalized spacial score (nSPS) is 10.4. The molecule has 0 radical (unpaired) electrons. The number of rotatable bonds is 3. The highest BCUT2D eigenvalue weighted by Gasteiger charge is 2.14. The van der Waals surface area contributed by atoms with Gasteiger partial charge in [-0.2, -0.15) is 0 Å². The first-order valence-electron chi connectivity index (χ1n) is 5.07. The number of phenols is 1. The van der Waals surface area contributed by atoms with Gasteiger partial charge in [-0.25, -0.2) is 10.8 Å². The van der Waals surface area contributed by atoms with Crippen molar-refractivity contribution < 1.29 is 9.84 Å².